The van der Waals surface area contributed by atoms with E-state index >= 15 is 0 Å². The maximum atomic E-state index is 14.3. The molecule has 228 valence electrons. The molecule has 2 saturated carbocycles. The molecule has 41 heavy (non-hydrogen) atoms. The second-order valence-electron chi connectivity index (χ2n) is 13.2. The lowest BCUT2D eigenvalue weighted by Crippen LogP contribution is -2.53. The van der Waals surface area contributed by atoms with Crippen LogP contribution in [0.5, 0.6) is 0 Å². The monoisotopic (exact) mass is 584 g/mol. The Balaban J connectivity index is 1.30. The summed E-state index contributed by atoms with van der Waals surface area (Å²) in [6.45, 7) is 4.78. The Bertz CT molecular complexity index is 1300. The molecule has 2 aromatic heterocycles. The largest absolute Gasteiger partial charge is 0.418 e. The molecule has 2 N–H and O–H groups in total. The van der Waals surface area contributed by atoms with Crippen molar-refractivity contribution in [1.29, 1.82) is 0 Å². The zero-order valence-electron chi connectivity index (χ0n) is 23.8. The first-order valence-corrected chi connectivity index (χ1v) is 15.0. The number of hydrogen-bond donors (Lipinski definition) is 2. The summed E-state index contributed by atoms with van der Waals surface area (Å²) in [7, 11) is 1.95. The molecule has 0 aromatic carbocycles. The molecule has 6 rings (SSSR count). The molecular formula is C29H41F5N6O. The number of fused-ring (bicyclic) bond motifs is 1. The summed E-state index contributed by atoms with van der Waals surface area (Å²) in [6, 6.07) is 0.917. The molecule has 0 spiro atoms. The SMILES string of the molecule is C[C@H]1CCCN(Cc2cc(C(F)(F)F)c3cn(C4CCCC([C@@H](C5CC(F)(F)C5)C5NNCN5C)C4)c(=O)n3c2)C1. The number of halogens is 5. The quantitative estimate of drug-likeness (QED) is 0.465. The van der Waals surface area contributed by atoms with Crippen LogP contribution in [0, 0.1) is 23.7 Å². The van der Waals surface area contributed by atoms with Crippen molar-refractivity contribution in [1.82, 2.24) is 29.6 Å². The molecule has 4 heterocycles. The Morgan fingerprint density at radius 3 is 2.54 bits per heavy atom. The number of imidazole rings is 1. The minimum Gasteiger partial charge on any atom is -0.299 e. The van der Waals surface area contributed by atoms with Crippen molar-refractivity contribution in [2.24, 2.45) is 23.7 Å². The van der Waals surface area contributed by atoms with E-state index in [1.54, 1.807) is 6.20 Å². The third-order valence-corrected chi connectivity index (χ3v) is 10.0. The topological polar surface area (TPSA) is 57.0 Å². The normalized spacial score (nSPS) is 31.0. The molecule has 4 fully saturated rings. The van der Waals surface area contributed by atoms with Gasteiger partial charge in [0.15, 0.2) is 0 Å². The van der Waals surface area contributed by atoms with Crippen LogP contribution in [0.25, 0.3) is 5.52 Å². The predicted molar refractivity (Wildman–Crippen MR) is 145 cm³/mol. The van der Waals surface area contributed by atoms with Crippen LogP contribution < -0.4 is 16.5 Å². The molecule has 2 saturated heterocycles. The summed E-state index contributed by atoms with van der Waals surface area (Å²) in [5.41, 5.74) is 5.47. The van der Waals surface area contributed by atoms with Gasteiger partial charge in [0.25, 0.3) is 0 Å². The number of nitrogens with zero attached hydrogens (tertiary/aromatic N) is 4. The van der Waals surface area contributed by atoms with Gasteiger partial charge >= 0.3 is 11.9 Å². The molecule has 0 radical (unpaired) electrons. The van der Waals surface area contributed by atoms with E-state index in [2.05, 4.69) is 27.6 Å². The average molecular weight is 585 g/mol. The maximum absolute atomic E-state index is 14.3. The second-order valence-corrected chi connectivity index (χ2v) is 13.2. The van der Waals surface area contributed by atoms with E-state index in [-0.39, 0.29) is 48.3 Å². The maximum Gasteiger partial charge on any atom is 0.418 e. The lowest BCUT2D eigenvalue weighted by atomic mass is 9.63. The summed E-state index contributed by atoms with van der Waals surface area (Å²) in [5.74, 6) is -2.27. The van der Waals surface area contributed by atoms with Crippen LogP contribution in [0.4, 0.5) is 22.0 Å². The van der Waals surface area contributed by atoms with Gasteiger partial charge in [0.1, 0.15) is 0 Å². The van der Waals surface area contributed by atoms with E-state index < -0.39 is 23.4 Å². The van der Waals surface area contributed by atoms with Gasteiger partial charge in [-0.15, -0.1) is 0 Å². The third kappa shape index (κ3) is 5.81. The number of pyridine rings is 1. The van der Waals surface area contributed by atoms with Gasteiger partial charge in [-0.25, -0.2) is 24.4 Å². The molecule has 12 heteroatoms. The highest BCUT2D eigenvalue weighted by Gasteiger charge is 2.53. The molecule has 4 aliphatic rings. The lowest BCUT2D eigenvalue weighted by molar-refractivity contribution is -0.144. The van der Waals surface area contributed by atoms with Crippen LogP contribution in [0.3, 0.4) is 0 Å². The zero-order valence-corrected chi connectivity index (χ0v) is 23.8. The molecule has 0 amide bonds. The Kier molecular flexibility index (Phi) is 7.74. The first-order valence-electron chi connectivity index (χ1n) is 15.0. The second kappa shape index (κ2) is 10.9. The van der Waals surface area contributed by atoms with Gasteiger partial charge in [0.05, 0.1) is 23.9 Å². The Hall–Kier alpha value is -2.02. The van der Waals surface area contributed by atoms with E-state index in [9.17, 15) is 26.7 Å². The highest BCUT2D eigenvalue weighted by molar-refractivity contribution is 5.56. The van der Waals surface area contributed by atoms with Crippen LogP contribution in [0.2, 0.25) is 0 Å². The summed E-state index contributed by atoms with van der Waals surface area (Å²) in [6.07, 6.45) is 2.97. The van der Waals surface area contributed by atoms with Crippen LogP contribution in [-0.2, 0) is 12.7 Å². The number of rotatable bonds is 6. The van der Waals surface area contributed by atoms with E-state index in [1.807, 2.05) is 7.05 Å². The van der Waals surface area contributed by atoms with Crippen molar-refractivity contribution in [3.63, 3.8) is 0 Å². The summed E-state index contributed by atoms with van der Waals surface area (Å²) < 4.78 is 73.4. The minimum absolute atomic E-state index is 0.0468. The van der Waals surface area contributed by atoms with Gasteiger partial charge < -0.3 is 0 Å². The van der Waals surface area contributed by atoms with E-state index in [1.165, 1.54) is 21.2 Å². The molecule has 2 aliphatic carbocycles. The first kappa shape index (κ1) is 29.1. The van der Waals surface area contributed by atoms with Gasteiger partial charge in [0, 0.05) is 44.4 Å². The van der Waals surface area contributed by atoms with Crippen molar-refractivity contribution in [2.45, 2.75) is 89.1 Å². The Labute approximate surface area is 237 Å². The molecule has 0 bridgehead atoms. The van der Waals surface area contributed by atoms with Crippen molar-refractivity contribution in [3.05, 3.63) is 40.1 Å². The first-order chi connectivity index (χ1) is 19.4. The molecular weight excluding hydrogens is 543 g/mol. The zero-order chi connectivity index (χ0) is 29.1. The van der Waals surface area contributed by atoms with E-state index in [0.29, 0.717) is 37.5 Å². The molecule has 3 unspecified atom stereocenters. The Morgan fingerprint density at radius 1 is 1.10 bits per heavy atom. The summed E-state index contributed by atoms with van der Waals surface area (Å²) in [5, 5.41) is 0. The number of piperidine rings is 1. The van der Waals surface area contributed by atoms with Gasteiger partial charge in [0.2, 0.25) is 5.92 Å². The predicted octanol–water partition coefficient (Wildman–Crippen LogP) is 5.07. The average Bonchev–Trinajstić information content (AvgIpc) is 3.45. The summed E-state index contributed by atoms with van der Waals surface area (Å²) >= 11 is 0. The highest BCUT2D eigenvalue weighted by Crippen LogP contribution is 2.52. The molecule has 2 aliphatic heterocycles. The summed E-state index contributed by atoms with van der Waals surface area (Å²) in [4.78, 5) is 17.9. The number of hydrogen-bond acceptors (Lipinski definition) is 5. The minimum atomic E-state index is -4.60. The fraction of sp³-hybridized carbons (Fsp3) is 0.759. The van der Waals surface area contributed by atoms with Gasteiger partial charge in [-0.2, -0.15) is 13.2 Å². The standard InChI is InChI=1S/C29H41F5N6O/c1-18-5-4-8-38(13-18)14-19-9-23(29(32,33)34)24-16-39(27(41)40(24)15-19)22-7-3-6-20(10-22)25(21-11-28(30,31)12-21)26-36-35-17-37(26)2/h9,15-16,18,20-22,25-26,35-36H,3-8,10-14,17H2,1-2H3/t18-,20?,22?,25-,26?/m0/s1. The number of aromatic nitrogens is 2. The lowest BCUT2D eigenvalue weighted by Gasteiger charge is -2.48. The number of hydrazine groups is 1. The van der Waals surface area contributed by atoms with Crippen LogP contribution >= 0.6 is 0 Å². The Morgan fingerprint density at radius 2 is 1.88 bits per heavy atom. The van der Waals surface area contributed by atoms with E-state index in [4.69, 9.17) is 0 Å². The van der Waals surface area contributed by atoms with Crippen molar-refractivity contribution >= 4 is 5.52 Å². The highest BCUT2D eigenvalue weighted by atomic mass is 19.4. The van der Waals surface area contributed by atoms with Gasteiger partial charge in [-0.1, -0.05) is 13.3 Å². The third-order valence-electron chi connectivity index (χ3n) is 10.0. The number of nitrogens with one attached hydrogen (secondary N) is 2. The van der Waals surface area contributed by atoms with Crippen molar-refractivity contribution in [2.75, 3.05) is 26.8 Å². The number of likely N-dealkylation sites (tertiary alicyclic amines) is 1. The smallest absolute Gasteiger partial charge is 0.299 e. The van der Waals surface area contributed by atoms with Crippen LogP contribution in [0.15, 0.2) is 23.3 Å². The fourth-order valence-electron chi connectivity index (χ4n) is 8.08. The van der Waals surface area contributed by atoms with Crippen molar-refractivity contribution in [3.8, 4) is 0 Å². The van der Waals surface area contributed by atoms with Crippen molar-refractivity contribution < 1.29 is 22.0 Å². The number of alkyl halides is 5. The van der Waals surface area contributed by atoms with Crippen LogP contribution in [0.1, 0.15) is 75.5 Å². The molecule has 2 aromatic rings. The van der Waals surface area contributed by atoms with Gasteiger partial charge in [-0.05, 0) is 81.0 Å². The molecule has 5 atom stereocenters. The van der Waals surface area contributed by atoms with E-state index in [0.717, 1.165) is 38.8 Å². The fourth-order valence-corrected chi connectivity index (χ4v) is 8.08. The van der Waals surface area contributed by atoms with Gasteiger partial charge in [-0.3, -0.25) is 18.8 Å². The molecule has 7 nitrogen and oxygen atoms in total. The van der Waals surface area contributed by atoms with Crippen LogP contribution in [-0.4, -0.2) is 57.7 Å².